The van der Waals surface area contributed by atoms with Gasteiger partial charge in [-0.25, -0.2) is 9.97 Å². The minimum Gasteiger partial charge on any atom is -0.437 e. The van der Waals surface area contributed by atoms with Gasteiger partial charge in [0.1, 0.15) is 17.1 Å². The van der Waals surface area contributed by atoms with Crippen LogP contribution in [0.1, 0.15) is 44.9 Å². The number of pyridine rings is 2. The average molecular weight is 427 g/mol. The number of nitrogens with one attached hydrogen (secondary N) is 1. The molecule has 0 saturated heterocycles. The van der Waals surface area contributed by atoms with Crippen molar-refractivity contribution in [3.63, 3.8) is 0 Å². The van der Waals surface area contributed by atoms with Gasteiger partial charge in [-0.1, -0.05) is 6.07 Å². The Labute approximate surface area is 177 Å². The molecule has 160 valence electrons. The van der Waals surface area contributed by atoms with Crippen LogP contribution in [0.5, 0.6) is 11.6 Å². The van der Waals surface area contributed by atoms with Gasteiger partial charge < -0.3 is 10.1 Å². The van der Waals surface area contributed by atoms with E-state index in [0.717, 1.165) is 37.0 Å². The van der Waals surface area contributed by atoms with E-state index in [4.69, 9.17) is 4.74 Å². The molecule has 0 saturated carbocycles. The highest BCUT2D eigenvalue weighted by Gasteiger charge is 2.33. The molecule has 1 N–H and O–H groups in total. The molecule has 0 atom stereocenters. The molecular formula is C23H20F3N3O2. The molecule has 4 rings (SSSR count). The van der Waals surface area contributed by atoms with E-state index < -0.39 is 17.8 Å². The summed E-state index contributed by atoms with van der Waals surface area (Å²) < 4.78 is 44.6. The fourth-order valence-corrected chi connectivity index (χ4v) is 3.77. The molecule has 1 aromatic carbocycles. The van der Waals surface area contributed by atoms with E-state index in [-0.39, 0.29) is 17.1 Å². The summed E-state index contributed by atoms with van der Waals surface area (Å²) in [7, 11) is 0. The van der Waals surface area contributed by atoms with Crippen LogP contribution in [-0.2, 0) is 19.0 Å². The maximum atomic E-state index is 12.8. The molecule has 1 aliphatic carbocycles. The lowest BCUT2D eigenvalue weighted by Gasteiger charge is -2.15. The number of aryl methyl sites for hydroxylation is 2. The van der Waals surface area contributed by atoms with E-state index in [0.29, 0.717) is 11.4 Å². The Morgan fingerprint density at radius 1 is 1.06 bits per heavy atom. The summed E-state index contributed by atoms with van der Waals surface area (Å²) >= 11 is 0. The predicted molar refractivity (Wildman–Crippen MR) is 109 cm³/mol. The van der Waals surface area contributed by atoms with Crippen molar-refractivity contribution in [3.8, 4) is 11.6 Å². The molecule has 3 aromatic rings. The molecule has 0 radical (unpaired) electrons. The van der Waals surface area contributed by atoms with Gasteiger partial charge in [-0.3, -0.25) is 4.79 Å². The van der Waals surface area contributed by atoms with E-state index in [2.05, 4.69) is 22.2 Å². The van der Waals surface area contributed by atoms with E-state index in [1.807, 2.05) is 12.1 Å². The second-order valence-electron chi connectivity index (χ2n) is 7.43. The van der Waals surface area contributed by atoms with E-state index in [1.54, 1.807) is 18.3 Å². The molecule has 0 spiro atoms. The monoisotopic (exact) mass is 427 g/mol. The number of nitrogens with zero attached hydrogens (tertiary/aromatic N) is 2. The smallest absolute Gasteiger partial charge is 0.433 e. The minimum atomic E-state index is -4.57. The number of carbonyl (C=O) groups is 1. The number of aromatic nitrogens is 2. The first-order valence-electron chi connectivity index (χ1n) is 9.84. The molecule has 0 bridgehead atoms. The third-order valence-corrected chi connectivity index (χ3v) is 5.32. The summed E-state index contributed by atoms with van der Waals surface area (Å²) in [4.78, 5) is 20.5. The van der Waals surface area contributed by atoms with Crippen LogP contribution < -0.4 is 10.1 Å². The lowest BCUT2D eigenvalue weighted by molar-refractivity contribution is -0.141. The number of benzene rings is 1. The third-order valence-electron chi connectivity index (χ3n) is 5.32. The molecule has 31 heavy (non-hydrogen) atoms. The van der Waals surface area contributed by atoms with Crippen molar-refractivity contribution in [3.05, 3.63) is 76.2 Å². The standard InChI is InChI=1S/C23H20F3N3O2/c1-13-8-10-19(17-6-3-5-15(13)17)31-22-18(7-4-12-27-22)29-21(30)16-9-11-20(23(24,25)26)28-14(16)2/h4,7-12H,3,5-6H2,1-2H3,(H,29,30). The van der Waals surface area contributed by atoms with Crippen LogP contribution in [0.4, 0.5) is 18.9 Å². The van der Waals surface area contributed by atoms with Gasteiger partial charge >= 0.3 is 6.18 Å². The Morgan fingerprint density at radius 2 is 1.84 bits per heavy atom. The Balaban J connectivity index is 1.59. The maximum absolute atomic E-state index is 12.8. The molecule has 1 aliphatic rings. The van der Waals surface area contributed by atoms with Crippen LogP contribution in [0.3, 0.4) is 0 Å². The van der Waals surface area contributed by atoms with Gasteiger partial charge in [-0.05, 0) is 80.1 Å². The SMILES string of the molecule is Cc1ccc(Oc2ncccc2NC(=O)c2ccc(C(F)(F)F)nc2C)c2c1CCC2. The lowest BCUT2D eigenvalue weighted by atomic mass is 10.0. The molecular weight excluding hydrogens is 407 g/mol. The van der Waals surface area contributed by atoms with E-state index >= 15 is 0 Å². The number of alkyl halides is 3. The Hall–Kier alpha value is -3.42. The second kappa shape index (κ2) is 8.02. The molecule has 2 heterocycles. The zero-order valence-electron chi connectivity index (χ0n) is 17.0. The van der Waals surface area contributed by atoms with Gasteiger partial charge in [-0.2, -0.15) is 13.2 Å². The van der Waals surface area contributed by atoms with Gasteiger partial charge in [0.05, 0.1) is 11.3 Å². The first kappa shape index (κ1) is 20.8. The summed E-state index contributed by atoms with van der Waals surface area (Å²) in [5.74, 6) is 0.316. The van der Waals surface area contributed by atoms with Gasteiger partial charge in [0.25, 0.3) is 5.91 Å². The average Bonchev–Trinajstić information content (AvgIpc) is 3.22. The van der Waals surface area contributed by atoms with Crippen molar-refractivity contribution in [1.29, 1.82) is 0 Å². The number of halogens is 3. The number of hydrogen-bond acceptors (Lipinski definition) is 4. The highest BCUT2D eigenvalue weighted by Crippen LogP contribution is 2.37. The fraction of sp³-hybridized carbons (Fsp3) is 0.261. The molecule has 0 fully saturated rings. The summed E-state index contributed by atoms with van der Waals surface area (Å²) in [6, 6.07) is 9.06. The van der Waals surface area contributed by atoms with Crippen LogP contribution in [0.2, 0.25) is 0 Å². The van der Waals surface area contributed by atoms with Crippen LogP contribution >= 0.6 is 0 Å². The topological polar surface area (TPSA) is 64.1 Å². The Bertz CT molecular complexity index is 1160. The van der Waals surface area contributed by atoms with Crippen molar-refractivity contribution in [1.82, 2.24) is 9.97 Å². The van der Waals surface area contributed by atoms with Crippen molar-refractivity contribution in [2.75, 3.05) is 5.32 Å². The first-order chi connectivity index (χ1) is 14.7. The van der Waals surface area contributed by atoms with Gasteiger partial charge in [0.2, 0.25) is 5.88 Å². The lowest BCUT2D eigenvalue weighted by Crippen LogP contribution is -2.17. The van der Waals surface area contributed by atoms with Crippen LogP contribution in [-0.4, -0.2) is 15.9 Å². The summed E-state index contributed by atoms with van der Waals surface area (Å²) in [6.07, 6.45) is -0.0486. The quantitative estimate of drug-likeness (QED) is 0.585. The first-order valence-corrected chi connectivity index (χ1v) is 9.84. The summed E-state index contributed by atoms with van der Waals surface area (Å²) in [5.41, 5.74) is 2.95. The third kappa shape index (κ3) is 4.23. The molecule has 0 unspecified atom stereocenters. The van der Waals surface area contributed by atoms with E-state index in [9.17, 15) is 18.0 Å². The predicted octanol–water partition coefficient (Wildman–Crippen LogP) is 5.65. The highest BCUT2D eigenvalue weighted by atomic mass is 19.4. The second-order valence-corrected chi connectivity index (χ2v) is 7.43. The molecule has 8 heteroatoms. The summed E-state index contributed by atoms with van der Waals surface area (Å²) in [6.45, 7) is 3.43. The molecule has 5 nitrogen and oxygen atoms in total. The number of rotatable bonds is 4. The summed E-state index contributed by atoms with van der Waals surface area (Å²) in [5, 5.41) is 2.68. The number of fused-ring (bicyclic) bond motifs is 1. The molecule has 1 amide bonds. The van der Waals surface area contributed by atoms with Crippen molar-refractivity contribution in [2.45, 2.75) is 39.3 Å². The minimum absolute atomic E-state index is 0.0185. The zero-order chi connectivity index (χ0) is 22.2. The Morgan fingerprint density at radius 3 is 2.58 bits per heavy atom. The number of ether oxygens (including phenoxy) is 1. The van der Waals surface area contributed by atoms with Crippen molar-refractivity contribution < 1.29 is 22.7 Å². The Kier molecular flexibility index (Phi) is 5.39. The number of carbonyl (C=O) groups excluding carboxylic acids is 1. The van der Waals surface area contributed by atoms with Gasteiger partial charge in [0.15, 0.2) is 0 Å². The van der Waals surface area contributed by atoms with Crippen LogP contribution in [0.15, 0.2) is 42.6 Å². The van der Waals surface area contributed by atoms with Gasteiger partial charge in [0, 0.05) is 6.20 Å². The van der Waals surface area contributed by atoms with Crippen molar-refractivity contribution in [2.24, 2.45) is 0 Å². The number of amides is 1. The normalized spacial score (nSPS) is 13.1. The zero-order valence-corrected chi connectivity index (χ0v) is 17.0. The van der Waals surface area contributed by atoms with Crippen LogP contribution in [0, 0.1) is 13.8 Å². The highest BCUT2D eigenvalue weighted by molar-refractivity contribution is 6.05. The fourth-order valence-electron chi connectivity index (χ4n) is 3.77. The molecule has 2 aromatic heterocycles. The van der Waals surface area contributed by atoms with Crippen molar-refractivity contribution >= 4 is 11.6 Å². The number of hydrogen-bond donors (Lipinski definition) is 1. The van der Waals surface area contributed by atoms with Gasteiger partial charge in [-0.15, -0.1) is 0 Å². The largest absolute Gasteiger partial charge is 0.437 e. The molecule has 0 aliphatic heterocycles. The van der Waals surface area contributed by atoms with Crippen LogP contribution in [0.25, 0.3) is 0 Å². The maximum Gasteiger partial charge on any atom is 0.433 e. The van der Waals surface area contributed by atoms with E-state index in [1.165, 1.54) is 18.1 Å². The number of anilines is 1.